The van der Waals surface area contributed by atoms with E-state index in [2.05, 4.69) is 15.8 Å². The molecule has 2 amide bonds. The van der Waals surface area contributed by atoms with Crippen LogP contribution in [0.15, 0.2) is 36.5 Å². The molecule has 0 bridgehead atoms. The van der Waals surface area contributed by atoms with Crippen LogP contribution in [-0.2, 0) is 22.2 Å². The summed E-state index contributed by atoms with van der Waals surface area (Å²) in [5.41, 5.74) is 4.38. The van der Waals surface area contributed by atoms with E-state index in [0.29, 0.717) is 31.5 Å². The number of nitrogens with one attached hydrogen (secondary N) is 2. The molecule has 1 aromatic carbocycles. The Morgan fingerprint density at radius 2 is 1.77 bits per heavy atom. The highest BCUT2D eigenvalue weighted by Gasteiger charge is 2.33. The Bertz CT molecular complexity index is 945. The Labute approximate surface area is 180 Å². The SMILES string of the molecule is O=C(Cc1ccc(F)cc1)NNC(=O)C1CCN(c2ncc(C(F)(F)F)cc2Cl)CC1. The minimum absolute atomic E-state index is 0.0168. The maximum absolute atomic E-state index is 12.9. The van der Waals surface area contributed by atoms with E-state index in [1.165, 1.54) is 24.3 Å². The maximum Gasteiger partial charge on any atom is 0.417 e. The molecule has 11 heteroatoms. The summed E-state index contributed by atoms with van der Waals surface area (Å²) in [5.74, 6) is -1.36. The lowest BCUT2D eigenvalue weighted by Crippen LogP contribution is -2.48. The monoisotopic (exact) mass is 458 g/mol. The minimum Gasteiger partial charge on any atom is -0.355 e. The number of anilines is 1. The Balaban J connectivity index is 1.47. The number of hydrogen-bond acceptors (Lipinski definition) is 4. The highest BCUT2D eigenvalue weighted by atomic mass is 35.5. The number of alkyl halides is 3. The van der Waals surface area contributed by atoms with E-state index in [1.54, 1.807) is 4.90 Å². The Hall–Kier alpha value is -2.88. The fourth-order valence-corrected chi connectivity index (χ4v) is 3.52. The molecule has 166 valence electrons. The molecule has 0 unspecified atom stereocenters. The number of benzene rings is 1. The average molecular weight is 459 g/mol. The molecule has 0 atom stereocenters. The van der Waals surface area contributed by atoms with E-state index in [9.17, 15) is 27.2 Å². The first-order valence-corrected chi connectivity index (χ1v) is 9.82. The van der Waals surface area contributed by atoms with Gasteiger partial charge in [0.2, 0.25) is 11.8 Å². The van der Waals surface area contributed by atoms with Crippen molar-refractivity contribution in [1.82, 2.24) is 15.8 Å². The first-order chi connectivity index (χ1) is 14.6. The number of halogens is 5. The van der Waals surface area contributed by atoms with Gasteiger partial charge in [-0.05, 0) is 36.6 Å². The van der Waals surface area contributed by atoms with E-state index >= 15 is 0 Å². The third kappa shape index (κ3) is 6.06. The number of amides is 2. The van der Waals surface area contributed by atoms with Crippen molar-refractivity contribution in [3.63, 3.8) is 0 Å². The van der Waals surface area contributed by atoms with Gasteiger partial charge < -0.3 is 4.90 Å². The smallest absolute Gasteiger partial charge is 0.355 e. The number of carbonyl (C=O) groups is 2. The Kier molecular flexibility index (Phi) is 6.99. The van der Waals surface area contributed by atoms with Crippen LogP contribution < -0.4 is 15.8 Å². The van der Waals surface area contributed by atoms with Gasteiger partial charge >= 0.3 is 6.18 Å². The third-order valence-electron chi connectivity index (χ3n) is 4.92. The third-order valence-corrected chi connectivity index (χ3v) is 5.20. The van der Waals surface area contributed by atoms with Gasteiger partial charge in [-0.3, -0.25) is 20.4 Å². The first kappa shape index (κ1) is 22.8. The lowest BCUT2D eigenvalue weighted by atomic mass is 9.96. The first-order valence-electron chi connectivity index (χ1n) is 9.44. The molecule has 6 nitrogen and oxygen atoms in total. The maximum atomic E-state index is 12.9. The van der Waals surface area contributed by atoms with E-state index in [0.717, 1.165) is 12.3 Å². The number of aromatic nitrogens is 1. The second-order valence-electron chi connectivity index (χ2n) is 7.13. The molecule has 1 fully saturated rings. The van der Waals surface area contributed by atoms with Gasteiger partial charge in [-0.15, -0.1) is 0 Å². The molecule has 1 aliphatic heterocycles. The van der Waals surface area contributed by atoms with Crippen LogP contribution in [-0.4, -0.2) is 29.9 Å². The predicted molar refractivity (Wildman–Crippen MR) is 106 cm³/mol. The molecule has 31 heavy (non-hydrogen) atoms. The zero-order valence-electron chi connectivity index (χ0n) is 16.2. The lowest BCUT2D eigenvalue weighted by Gasteiger charge is -2.32. The normalized spacial score (nSPS) is 14.9. The van der Waals surface area contributed by atoms with Crippen LogP contribution in [0.3, 0.4) is 0 Å². The predicted octanol–water partition coefficient (Wildman–Crippen LogP) is 3.50. The van der Waals surface area contributed by atoms with Crippen molar-refractivity contribution in [3.8, 4) is 0 Å². The zero-order valence-corrected chi connectivity index (χ0v) is 16.9. The molecule has 2 heterocycles. The molecule has 1 aromatic heterocycles. The number of rotatable bonds is 4. The Morgan fingerprint density at radius 1 is 1.13 bits per heavy atom. The van der Waals surface area contributed by atoms with Gasteiger partial charge in [0, 0.05) is 25.2 Å². The van der Waals surface area contributed by atoms with Gasteiger partial charge in [-0.25, -0.2) is 9.37 Å². The van der Waals surface area contributed by atoms with Crippen molar-refractivity contribution < 1.29 is 27.2 Å². The van der Waals surface area contributed by atoms with Crippen molar-refractivity contribution in [1.29, 1.82) is 0 Å². The van der Waals surface area contributed by atoms with Crippen LogP contribution in [0, 0.1) is 11.7 Å². The fourth-order valence-electron chi connectivity index (χ4n) is 3.24. The summed E-state index contributed by atoms with van der Waals surface area (Å²) in [6.07, 6.45) is -2.98. The number of pyridine rings is 1. The van der Waals surface area contributed by atoms with E-state index in [4.69, 9.17) is 11.6 Å². The second kappa shape index (κ2) is 9.51. The molecule has 0 radical (unpaired) electrons. The Morgan fingerprint density at radius 3 is 2.35 bits per heavy atom. The van der Waals surface area contributed by atoms with Gasteiger partial charge in [0.15, 0.2) is 0 Å². The molecule has 1 aliphatic rings. The van der Waals surface area contributed by atoms with Gasteiger partial charge in [0.1, 0.15) is 11.6 Å². The summed E-state index contributed by atoms with van der Waals surface area (Å²) < 4.78 is 51.1. The summed E-state index contributed by atoms with van der Waals surface area (Å²) in [4.78, 5) is 29.8. The van der Waals surface area contributed by atoms with Crippen LogP contribution in [0.2, 0.25) is 5.02 Å². The second-order valence-corrected chi connectivity index (χ2v) is 7.54. The quantitative estimate of drug-likeness (QED) is 0.543. The van der Waals surface area contributed by atoms with E-state index in [-0.39, 0.29) is 29.1 Å². The number of hydrogen-bond donors (Lipinski definition) is 2. The standard InChI is InChI=1S/C20H19ClF4N4O2/c21-16-10-14(20(23,24)25)11-26-18(16)29-7-5-13(6-8-29)19(31)28-27-17(30)9-12-1-3-15(22)4-2-12/h1-4,10-11,13H,5-9H2,(H,27,30)(H,28,31). The lowest BCUT2D eigenvalue weighted by molar-refractivity contribution is -0.137. The van der Waals surface area contributed by atoms with Crippen molar-refractivity contribution in [2.45, 2.75) is 25.4 Å². The van der Waals surface area contributed by atoms with Crippen LogP contribution in [0.5, 0.6) is 0 Å². The fraction of sp³-hybridized carbons (Fsp3) is 0.350. The van der Waals surface area contributed by atoms with Crippen molar-refractivity contribution in [2.75, 3.05) is 18.0 Å². The molecule has 0 saturated carbocycles. The van der Waals surface area contributed by atoms with Crippen molar-refractivity contribution in [2.24, 2.45) is 5.92 Å². The van der Waals surface area contributed by atoms with Crippen molar-refractivity contribution in [3.05, 3.63) is 58.5 Å². The zero-order chi connectivity index (χ0) is 22.6. The highest BCUT2D eigenvalue weighted by Crippen LogP contribution is 2.34. The number of piperidine rings is 1. The summed E-state index contributed by atoms with van der Waals surface area (Å²) in [5, 5.41) is -0.106. The number of carbonyl (C=O) groups excluding carboxylic acids is 2. The molecule has 0 aliphatic carbocycles. The molecule has 2 N–H and O–H groups in total. The average Bonchev–Trinajstić information content (AvgIpc) is 2.73. The number of hydrazine groups is 1. The molecule has 0 spiro atoms. The molecule has 2 aromatic rings. The minimum atomic E-state index is -4.53. The highest BCUT2D eigenvalue weighted by molar-refractivity contribution is 6.33. The molecule has 3 rings (SSSR count). The summed E-state index contributed by atoms with van der Waals surface area (Å²) >= 11 is 5.98. The van der Waals surface area contributed by atoms with Crippen LogP contribution in [0.4, 0.5) is 23.4 Å². The van der Waals surface area contributed by atoms with Crippen molar-refractivity contribution >= 4 is 29.2 Å². The largest absolute Gasteiger partial charge is 0.417 e. The summed E-state index contributed by atoms with van der Waals surface area (Å²) in [6.45, 7) is 0.749. The van der Waals surface area contributed by atoms with Gasteiger partial charge in [-0.1, -0.05) is 23.7 Å². The topological polar surface area (TPSA) is 74.3 Å². The summed E-state index contributed by atoms with van der Waals surface area (Å²) in [7, 11) is 0. The summed E-state index contributed by atoms with van der Waals surface area (Å²) in [6, 6.07) is 6.28. The number of nitrogens with zero attached hydrogens (tertiary/aromatic N) is 2. The van der Waals surface area contributed by atoms with E-state index in [1.807, 2.05) is 0 Å². The van der Waals surface area contributed by atoms with Crippen LogP contribution in [0.25, 0.3) is 0 Å². The molecular formula is C20H19ClF4N4O2. The van der Waals surface area contributed by atoms with Gasteiger partial charge in [0.05, 0.1) is 17.0 Å². The molecular weight excluding hydrogens is 440 g/mol. The van der Waals surface area contributed by atoms with Crippen LogP contribution >= 0.6 is 11.6 Å². The van der Waals surface area contributed by atoms with Gasteiger partial charge in [-0.2, -0.15) is 13.2 Å². The van der Waals surface area contributed by atoms with Gasteiger partial charge in [0.25, 0.3) is 0 Å². The molecule has 1 saturated heterocycles. The van der Waals surface area contributed by atoms with E-state index < -0.39 is 23.5 Å². The van der Waals surface area contributed by atoms with Crippen LogP contribution in [0.1, 0.15) is 24.0 Å².